The van der Waals surface area contributed by atoms with Crippen LogP contribution in [0, 0.1) is 12.8 Å². The van der Waals surface area contributed by atoms with Crippen LogP contribution in [0.2, 0.25) is 0 Å². The Morgan fingerprint density at radius 3 is 2.33 bits per heavy atom. The highest BCUT2D eigenvalue weighted by Crippen LogP contribution is 2.15. The number of nitrogens with one attached hydrogen (secondary N) is 1. The first-order valence-electron chi connectivity index (χ1n) is 6.35. The van der Waals surface area contributed by atoms with Crippen molar-refractivity contribution in [3.05, 3.63) is 29.8 Å². The number of aryl methyl sites for hydroxylation is 1. The molecular formula is C14H23NO2S. The van der Waals surface area contributed by atoms with Gasteiger partial charge in [0.15, 0.2) is 9.84 Å². The van der Waals surface area contributed by atoms with Gasteiger partial charge >= 0.3 is 0 Å². The van der Waals surface area contributed by atoms with Gasteiger partial charge in [-0.2, -0.15) is 0 Å². The zero-order valence-electron chi connectivity index (χ0n) is 11.6. The van der Waals surface area contributed by atoms with Crippen LogP contribution in [0.5, 0.6) is 0 Å². The van der Waals surface area contributed by atoms with E-state index in [4.69, 9.17) is 0 Å². The second-order valence-corrected chi connectivity index (χ2v) is 7.54. The Morgan fingerprint density at radius 1 is 1.17 bits per heavy atom. The summed E-state index contributed by atoms with van der Waals surface area (Å²) < 4.78 is 24.0. The van der Waals surface area contributed by atoms with Crippen molar-refractivity contribution in [1.82, 2.24) is 0 Å². The van der Waals surface area contributed by atoms with Gasteiger partial charge in [-0.15, -0.1) is 0 Å². The fourth-order valence-electron chi connectivity index (χ4n) is 1.70. The van der Waals surface area contributed by atoms with Crippen molar-refractivity contribution in [2.45, 2.75) is 32.9 Å². The van der Waals surface area contributed by atoms with Crippen molar-refractivity contribution in [2.24, 2.45) is 5.92 Å². The molecule has 18 heavy (non-hydrogen) atoms. The molecule has 1 unspecified atom stereocenters. The minimum atomic E-state index is -3.01. The Morgan fingerprint density at radius 2 is 1.78 bits per heavy atom. The van der Waals surface area contributed by atoms with Crippen LogP contribution in [0.25, 0.3) is 0 Å². The maximum atomic E-state index is 12.0. The van der Waals surface area contributed by atoms with Gasteiger partial charge in [0.05, 0.1) is 11.0 Å². The van der Waals surface area contributed by atoms with E-state index in [0.29, 0.717) is 6.54 Å². The first kappa shape index (κ1) is 15.0. The van der Waals surface area contributed by atoms with Gasteiger partial charge in [0.2, 0.25) is 0 Å². The van der Waals surface area contributed by atoms with E-state index in [9.17, 15) is 8.42 Å². The third-order valence-corrected chi connectivity index (χ3v) is 5.80. The molecule has 102 valence electrons. The maximum absolute atomic E-state index is 12.0. The predicted octanol–water partition coefficient (Wildman–Crippen LogP) is 2.87. The summed E-state index contributed by atoms with van der Waals surface area (Å²) in [5.41, 5.74) is 2.14. The number of rotatable bonds is 6. The lowest BCUT2D eigenvalue weighted by Gasteiger charge is -2.17. The lowest BCUT2D eigenvalue weighted by Crippen LogP contribution is -2.29. The molecule has 1 atom stereocenters. The van der Waals surface area contributed by atoms with Gasteiger partial charge in [0.25, 0.3) is 0 Å². The van der Waals surface area contributed by atoms with Gasteiger partial charge in [0, 0.05) is 12.2 Å². The van der Waals surface area contributed by atoms with Gasteiger partial charge in [-0.3, -0.25) is 0 Å². The number of benzene rings is 1. The van der Waals surface area contributed by atoms with Crippen molar-refractivity contribution in [3.8, 4) is 0 Å². The summed E-state index contributed by atoms with van der Waals surface area (Å²) in [4.78, 5) is 0. The lowest BCUT2D eigenvalue weighted by atomic mass is 10.2. The van der Waals surface area contributed by atoms with E-state index >= 15 is 0 Å². The molecule has 0 heterocycles. The smallest absolute Gasteiger partial charge is 0.154 e. The maximum Gasteiger partial charge on any atom is 0.154 e. The molecule has 0 spiro atoms. The van der Waals surface area contributed by atoms with Crippen molar-refractivity contribution >= 4 is 15.5 Å². The molecular weight excluding hydrogens is 246 g/mol. The second-order valence-electron chi connectivity index (χ2n) is 5.06. The van der Waals surface area contributed by atoms with Crippen LogP contribution in [0.3, 0.4) is 0 Å². The van der Waals surface area contributed by atoms with Crippen LogP contribution in [0.15, 0.2) is 24.3 Å². The monoisotopic (exact) mass is 269 g/mol. The number of sulfone groups is 1. The minimum Gasteiger partial charge on any atom is -0.384 e. The van der Waals surface area contributed by atoms with Gasteiger partial charge in [-0.25, -0.2) is 8.42 Å². The molecule has 0 aliphatic heterocycles. The Bertz CT molecular complexity index is 480. The van der Waals surface area contributed by atoms with Crippen molar-refractivity contribution < 1.29 is 8.42 Å². The summed E-state index contributed by atoms with van der Waals surface area (Å²) in [6.45, 7) is 8.14. The summed E-state index contributed by atoms with van der Waals surface area (Å²) in [6, 6.07) is 7.89. The zero-order valence-corrected chi connectivity index (χ0v) is 12.4. The average Bonchev–Trinajstić information content (AvgIpc) is 2.30. The summed E-state index contributed by atoms with van der Waals surface area (Å²) in [7, 11) is -3.01. The Kier molecular flexibility index (Phi) is 5.20. The molecule has 0 saturated carbocycles. The van der Waals surface area contributed by atoms with E-state index in [2.05, 4.69) is 5.32 Å². The van der Waals surface area contributed by atoms with Crippen LogP contribution < -0.4 is 5.32 Å². The summed E-state index contributed by atoms with van der Waals surface area (Å²) >= 11 is 0. The van der Waals surface area contributed by atoms with Gasteiger partial charge in [-0.1, -0.05) is 32.0 Å². The molecule has 0 bridgehead atoms. The van der Waals surface area contributed by atoms with Crippen LogP contribution in [0.4, 0.5) is 5.69 Å². The van der Waals surface area contributed by atoms with Crippen LogP contribution >= 0.6 is 0 Å². The third-order valence-electron chi connectivity index (χ3n) is 3.35. The first-order chi connectivity index (χ1) is 8.34. The van der Waals surface area contributed by atoms with Gasteiger partial charge in [0.1, 0.15) is 0 Å². The summed E-state index contributed by atoms with van der Waals surface area (Å²) in [5, 5.41) is 2.90. The number of hydrogen-bond acceptors (Lipinski definition) is 3. The highest BCUT2D eigenvalue weighted by molar-refractivity contribution is 7.92. The second kappa shape index (κ2) is 6.23. The molecule has 1 aromatic rings. The normalized spacial score (nSPS) is 13.6. The molecule has 0 aliphatic carbocycles. The lowest BCUT2D eigenvalue weighted by molar-refractivity contribution is 0.546. The van der Waals surface area contributed by atoms with Crippen molar-refractivity contribution in [3.63, 3.8) is 0 Å². The number of hydrogen-bond donors (Lipinski definition) is 1. The molecule has 1 aromatic carbocycles. The third kappa shape index (κ3) is 4.02. The van der Waals surface area contributed by atoms with E-state index in [1.807, 2.05) is 45.0 Å². The molecule has 1 N–H and O–H groups in total. The van der Waals surface area contributed by atoms with Gasteiger partial charge < -0.3 is 5.32 Å². The van der Waals surface area contributed by atoms with Crippen molar-refractivity contribution in [1.29, 1.82) is 0 Å². The molecule has 0 fully saturated rings. The zero-order chi connectivity index (χ0) is 13.8. The average molecular weight is 269 g/mol. The fraction of sp³-hybridized carbons (Fsp3) is 0.571. The van der Waals surface area contributed by atoms with Crippen molar-refractivity contribution in [2.75, 3.05) is 17.6 Å². The van der Waals surface area contributed by atoms with E-state index in [0.717, 1.165) is 11.3 Å². The minimum absolute atomic E-state index is 0.161. The van der Waals surface area contributed by atoms with E-state index in [-0.39, 0.29) is 16.9 Å². The molecule has 3 nitrogen and oxygen atoms in total. The highest BCUT2D eigenvalue weighted by atomic mass is 32.2. The van der Waals surface area contributed by atoms with E-state index in [1.165, 1.54) is 0 Å². The number of anilines is 1. The molecule has 1 rings (SSSR count). The summed E-state index contributed by atoms with van der Waals surface area (Å²) in [6.07, 6.45) is 0. The SMILES string of the molecule is Cc1ccccc1NCCS(=O)(=O)C(C)C(C)C. The molecule has 0 radical (unpaired) electrons. The number of para-hydroxylation sites is 1. The highest BCUT2D eigenvalue weighted by Gasteiger charge is 2.23. The largest absolute Gasteiger partial charge is 0.384 e. The van der Waals surface area contributed by atoms with E-state index in [1.54, 1.807) is 6.92 Å². The molecule has 0 saturated heterocycles. The molecule has 4 heteroatoms. The van der Waals surface area contributed by atoms with Crippen LogP contribution in [0.1, 0.15) is 26.3 Å². The first-order valence-corrected chi connectivity index (χ1v) is 8.07. The predicted molar refractivity (Wildman–Crippen MR) is 77.8 cm³/mol. The molecule has 0 aromatic heterocycles. The molecule has 0 aliphatic rings. The quantitative estimate of drug-likeness (QED) is 0.863. The van der Waals surface area contributed by atoms with Crippen LogP contribution in [-0.2, 0) is 9.84 Å². The fourth-order valence-corrected chi connectivity index (χ4v) is 3.29. The van der Waals surface area contributed by atoms with Crippen LogP contribution in [-0.4, -0.2) is 26.0 Å². The van der Waals surface area contributed by atoms with E-state index < -0.39 is 9.84 Å². The summed E-state index contributed by atoms with van der Waals surface area (Å²) in [5.74, 6) is 0.342. The molecule has 0 amide bonds. The Hall–Kier alpha value is -1.03. The Balaban J connectivity index is 2.55. The standard InChI is InChI=1S/C14H23NO2S/c1-11(2)13(4)18(16,17)10-9-15-14-8-6-5-7-12(14)3/h5-8,11,13,15H,9-10H2,1-4H3. The van der Waals surface area contributed by atoms with Gasteiger partial charge in [-0.05, 0) is 31.4 Å². The topological polar surface area (TPSA) is 46.2 Å². The Labute approximate surface area is 111 Å².